The zero-order valence-electron chi connectivity index (χ0n) is 18.9. The summed E-state index contributed by atoms with van der Waals surface area (Å²) in [6, 6.07) is 4.96. The number of sulfone groups is 1. The molecule has 1 aromatic rings. The van der Waals surface area contributed by atoms with Crippen LogP contribution in [0, 0.1) is 0 Å². The quantitative estimate of drug-likeness (QED) is 0.439. The first kappa shape index (κ1) is 24.1. The van der Waals surface area contributed by atoms with Crippen LogP contribution in [0.15, 0.2) is 34.6 Å². The van der Waals surface area contributed by atoms with Crippen LogP contribution in [0.25, 0.3) is 0 Å². The molecule has 0 spiro atoms. The monoisotopic (exact) mass is 482 g/mol. The van der Waals surface area contributed by atoms with Gasteiger partial charge < -0.3 is 30.5 Å². The van der Waals surface area contributed by atoms with Crippen molar-refractivity contribution in [2.45, 2.75) is 38.0 Å². The molecule has 32 heavy (non-hydrogen) atoms. The maximum atomic E-state index is 12.3. The van der Waals surface area contributed by atoms with Gasteiger partial charge in [-0.05, 0) is 51.2 Å². The number of ether oxygens (including phenoxy) is 1. The highest BCUT2D eigenvalue weighted by Crippen LogP contribution is 2.26. The molecule has 2 aliphatic heterocycles. The number of amides is 1. The minimum Gasteiger partial charge on any atom is -0.471 e. The number of hydrogen-bond acceptors (Lipinski definition) is 9. The Bertz CT molecular complexity index is 1040. The van der Waals surface area contributed by atoms with Crippen molar-refractivity contribution in [3.8, 4) is 0 Å². The maximum Gasteiger partial charge on any atom is 0.261 e. The first-order valence-corrected chi connectivity index (χ1v) is 12.6. The topological polar surface area (TPSA) is 115 Å². The molecular weight excluding hydrogens is 452 g/mol. The number of nitrogens with zero attached hydrogens (tertiary/aromatic N) is 2. The summed E-state index contributed by atoms with van der Waals surface area (Å²) in [7, 11) is -1.69. The van der Waals surface area contributed by atoms with E-state index in [4.69, 9.17) is 17.0 Å². The summed E-state index contributed by atoms with van der Waals surface area (Å²) in [5.74, 6) is 0.905. The molecule has 1 unspecified atom stereocenters. The van der Waals surface area contributed by atoms with E-state index in [0.717, 1.165) is 17.8 Å². The molecule has 1 atom stereocenters. The molecular formula is C20H30N6O4S2. The van der Waals surface area contributed by atoms with Gasteiger partial charge in [-0.25, -0.2) is 8.42 Å². The molecule has 10 nitrogen and oxygen atoms in total. The standard InChI is InChI=1S/C20H30N6O4S2/c1-6-30-20(31)23-14-7-13(8-15(9-14)32(5,28)29)22-19-21-10-16-18(24-19)26(12(2)3)11-17(27)25(16)4/h7-9,12,19,21-22,24H,6,10-11H2,1-5H3,(H,23,31). The van der Waals surface area contributed by atoms with E-state index in [2.05, 4.69) is 21.3 Å². The fourth-order valence-corrected chi connectivity index (χ4v) is 4.43. The number of thiocarbonyl (C=S) groups is 1. The van der Waals surface area contributed by atoms with Gasteiger partial charge in [0.25, 0.3) is 5.17 Å². The van der Waals surface area contributed by atoms with Gasteiger partial charge in [0.2, 0.25) is 5.91 Å². The number of carbonyl (C=O) groups is 1. The summed E-state index contributed by atoms with van der Waals surface area (Å²) < 4.78 is 29.7. The van der Waals surface area contributed by atoms with E-state index in [1.807, 2.05) is 25.7 Å². The third-order valence-corrected chi connectivity index (χ3v) is 6.50. The number of nitrogens with one attached hydrogen (secondary N) is 4. The van der Waals surface area contributed by atoms with E-state index in [-0.39, 0.29) is 22.0 Å². The molecule has 0 saturated heterocycles. The zero-order chi connectivity index (χ0) is 23.6. The Morgan fingerprint density at radius 3 is 2.62 bits per heavy atom. The van der Waals surface area contributed by atoms with Crippen molar-refractivity contribution < 1.29 is 17.9 Å². The Morgan fingerprint density at radius 2 is 2.00 bits per heavy atom. The van der Waals surface area contributed by atoms with Crippen LogP contribution in [0.1, 0.15) is 20.8 Å². The molecule has 0 saturated carbocycles. The summed E-state index contributed by atoms with van der Waals surface area (Å²) in [4.78, 5) is 16.2. The Morgan fingerprint density at radius 1 is 1.31 bits per heavy atom. The van der Waals surface area contributed by atoms with Gasteiger partial charge in [0.05, 0.1) is 23.7 Å². The molecule has 4 N–H and O–H groups in total. The maximum absolute atomic E-state index is 12.3. The van der Waals surface area contributed by atoms with Crippen LogP contribution in [0.3, 0.4) is 0 Å². The van der Waals surface area contributed by atoms with E-state index < -0.39 is 16.1 Å². The lowest BCUT2D eigenvalue weighted by Crippen LogP contribution is -2.61. The highest BCUT2D eigenvalue weighted by Gasteiger charge is 2.34. The highest BCUT2D eigenvalue weighted by molar-refractivity contribution is 7.90. The average molecular weight is 483 g/mol. The normalized spacial score (nSPS) is 18.9. The van der Waals surface area contributed by atoms with Gasteiger partial charge in [0.15, 0.2) is 16.1 Å². The van der Waals surface area contributed by atoms with Crippen LogP contribution in [0.5, 0.6) is 0 Å². The molecule has 1 aromatic carbocycles. The minimum absolute atomic E-state index is 0.0364. The lowest BCUT2D eigenvalue weighted by molar-refractivity contribution is -0.131. The number of benzene rings is 1. The molecule has 0 bridgehead atoms. The molecule has 0 aliphatic carbocycles. The number of rotatable bonds is 6. The second kappa shape index (κ2) is 9.51. The summed E-state index contributed by atoms with van der Waals surface area (Å²) in [5, 5.41) is 13.0. The zero-order valence-corrected chi connectivity index (χ0v) is 20.5. The van der Waals surface area contributed by atoms with E-state index in [1.54, 1.807) is 24.1 Å². The molecule has 3 rings (SSSR count). The second-order valence-electron chi connectivity index (χ2n) is 7.94. The molecule has 176 valence electrons. The van der Waals surface area contributed by atoms with E-state index in [1.165, 1.54) is 6.07 Å². The van der Waals surface area contributed by atoms with Crippen molar-refractivity contribution in [3.63, 3.8) is 0 Å². The molecule has 2 aliphatic rings. The molecule has 0 aromatic heterocycles. The van der Waals surface area contributed by atoms with Crippen LogP contribution in [-0.2, 0) is 19.4 Å². The third-order valence-electron chi connectivity index (χ3n) is 5.19. The smallest absolute Gasteiger partial charge is 0.261 e. The minimum atomic E-state index is -3.46. The molecule has 12 heteroatoms. The summed E-state index contributed by atoms with van der Waals surface area (Å²) in [6.45, 7) is 7.04. The SMILES string of the molecule is CCOC(=S)Nc1cc(NC2NCC3=C(N2)N(C(C)C)CC(=O)N3C)cc(S(C)(=O)=O)c1. The van der Waals surface area contributed by atoms with Gasteiger partial charge in [-0.3, -0.25) is 10.1 Å². The first-order valence-electron chi connectivity index (χ1n) is 10.3. The van der Waals surface area contributed by atoms with Crippen molar-refractivity contribution in [2.24, 2.45) is 0 Å². The van der Waals surface area contributed by atoms with E-state index in [9.17, 15) is 13.2 Å². The Kier molecular flexibility index (Phi) is 7.16. The van der Waals surface area contributed by atoms with Crippen molar-refractivity contribution in [1.29, 1.82) is 0 Å². The fourth-order valence-electron chi connectivity index (χ4n) is 3.51. The van der Waals surface area contributed by atoms with Crippen molar-refractivity contribution in [1.82, 2.24) is 20.4 Å². The van der Waals surface area contributed by atoms with Crippen LogP contribution < -0.4 is 21.3 Å². The van der Waals surface area contributed by atoms with Crippen molar-refractivity contribution in [3.05, 3.63) is 29.7 Å². The van der Waals surface area contributed by atoms with Crippen LogP contribution in [0.4, 0.5) is 11.4 Å². The largest absolute Gasteiger partial charge is 0.471 e. The van der Waals surface area contributed by atoms with Gasteiger partial charge in [0, 0.05) is 37.3 Å². The lowest BCUT2D eigenvalue weighted by Gasteiger charge is -2.44. The molecule has 0 fully saturated rings. The predicted octanol–water partition coefficient (Wildman–Crippen LogP) is 1.06. The number of likely N-dealkylation sites (N-methyl/N-ethyl adjacent to an activating group) is 1. The Balaban J connectivity index is 1.86. The predicted molar refractivity (Wildman–Crippen MR) is 128 cm³/mol. The third kappa shape index (κ3) is 5.43. The van der Waals surface area contributed by atoms with Gasteiger partial charge in [-0.2, -0.15) is 0 Å². The van der Waals surface area contributed by atoms with Gasteiger partial charge in [0.1, 0.15) is 5.82 Å². The van der Waals surface area contributed by atoms with Crippen LogP contribution in [0.2, 0.25) is 0 Å². The summed E-state index contributed by atoms with van der Waals surface area (Å²) in [5.41, 5.74) is 1.93. The number of hydrogen-bond donors (Lipinski definition) is 4. The first-order chi connectivity index (χ1) is 15.0. The second-order valence-corrected chi connectivity index (χ2v) is 10.3. The fraction of sp³-hybridized carbons (Fsp3) is 0.500. The molecule has 2 heterocycles. The van der Waals surface area contributed by atoms with Gasteiger partial charge in [-0.15, -0.1) is 0 Å². The Hall–Kier alpha value is -2.57. The Labute approximate surface area is 194 Å². The van der Waals surface area contributed by atoms with Crippen LogP contribution >= 0.6 is 12.2 Å². The number of carbonyl (C=O) groups excluding carboxylic acids is 1. The lowest BCUT2D eigenvalue weighted by atomic mass is 10.2. The van der Waals surface area contributed by atoms with Gasteiger partial charge in [-0.1, -0.05) is 0 Å². The van der Waals surface area contributed by atoms with E-state index in [0.29, 0.717) is 31.1 Å². The summed E-state index contributed by atoms with van der Waals surface area (Å²) in [6.07, 6.45) is 0.762. The van der Waals surface area contributed by atoms with Crippen LogP contribution in [-0.4, -0.2) is 74.6 Å². The average Bonchev–Trinajstić information content (AvgIpc) is 2.69. The summed E-state index contributed by atoms with van der Waals surface area (Å²) >= 11 is 5.13. The van der Waals surface area contributed by atoms with Crippen molar-refractivity contribution >= 4 is 44.5 Å². The van der Waals surface area contributed by atoms with Crippen molar-refractivity contribution in [2.75, 3.05) is 43.6 Å². The molecule has 1 amide bonds. The van der Waals surface area contributed by atoms with E-state index >= 15 is 0 Å². The highest BCUT2D eigenvalue weighted by atomic mass is 32.2. The number of anilines is 2. The molecule has 0 radical (unpaired) electrons. The van der Waals surface area contributed by atoms with Gasteiger partial charge >= 0.3 is 0 Å².